The molecule has 4 aromatic rings. The molecule has 0 spiro atoms. The summed E-state index contributed by atoms with van der Waals surface area (Å²) in [5.41, 5.74) is -1.80. The number of amides is 2. The summed E-state index contributed by atoms with van der Waals surface area (Å²) in [7, 11) is 0. The molecule has 2 amide bonds. The SMILES string of the molecule is CC(Cc1cccc2ccccc12)(NC(=O)OC1C2CC3CC(C2)CC1C3)C(=O)OC(=O)C(C)(Cc1cccc2ccccc12)NC(=O)OC1C2CC3CC(C2)CC1C3. The maximum Gasteiger partial charge on any atom is 0.408 e. The molecular formula is C50H56N2O7. The van der Waals surface area contributed by atoms with E-state index in [-0.39, 0.29) is 25.0 Å². The standard InChI is InChI=1S/C50H56N2O7/c1-49(27-35-13-7-11-33-9-3-5-15-41(33)35,51-47(55)57-43-37-19-29-17-30(21-37)22-38(43)20-29)45(53)59-46(54)50(2,28-36-14-8-12-34-10-4-6-16-42(34)36)52-48(56)58-44-39-23-31-18-32(25-39)26-40(44)24-31/h3-16,29-32,37-40,43-44H,17-28H2,1-2H3,(H,51,55)(H,52,56). The minimum Gasteiger partial charge on any atom is -0.446 e. The van der Waals surface area contributed by atoms with Gasteiger partial charge in [0.15, 0.2) is 0 Å². The average molecular weight is 797 g/mol. The lowest BCUT2D eigenvalue weighted by molar-refractivity contribution is -0.168. The van der Waals surface area contributed by atoms with Crippen molar-refractivity contribution in [2.45, 2.75) is 114 Å². The number of ether oxygens (including phenoxy) is 3. The largest absolute Gasteiger partial charge is 0.446 e. The van der Waals surface area contributed by atoms with E-state index in [9.17, 15) is 19.2 Å². The van der Waals surface area contributed by atoms with Crippen molar-refractivity contribution in [1.29, 1.82) is 0 Å². The lowest BCUT2D eigenvalue weighted by atomic mass is 9.55. The first-order valence-electron chi connectivity index (χ1n) is 22.2. The highest BCUT2D eigenvalue weighted by Gasteiger charge is 2.53. The van der Waals surface area contributed by atoms with Gasteiger partial charge in [0.25, 0.3) is 0 Å². The number of esters is 2. The third kappa shape index (κ3) is 7.37. The summed E-state index contributed by atoms with van der Waals surface area (Å²) < 4.78 is 18.4. The Kier molecular flexibility index (Phi) is 9.71. The summed E-state index contributed by atoms with van der Waals surface area (Å²) in [6, 6.07) is 27.4. The monoisotopic (exact) mass is 796 g/mol. The minimum atomic E-state index is -1.70. The average Bonchev–Trinajstić information content (AvgIpc) is 3.20. The van der Waals surface area contributed by atoms with E-state index in [1.165, 1.54) is 12.8 Å². The zero-order valence-corrected chi connectivity index (χ0v) is 34.2. The van der Waals surface area contributed by atoms with E-state index in [4.69, 9.17) is 14.2 Å². The maximum atomic E-state index is 14.7. The summed E-state index contributed by atoms with van der Waals surface area (Å²) in [5, 5.41) is 9.65. The summed E-state index contributed by atoms with van der Waals surface area (Å²) in [5.74, 6) is 2.28. The minimum absolute atomic E-state index is 0.0409. The molecule has 2 atom stereocenters. The van der Waals surface area contributed by atoms with Crippen LogP contribution < -0.4 is 10.6 Å². The number of carbonyl (C=O) groups is 4. The van der Waals surface area contributed by atoms with Crippen molar-refractivity contribution < 1.29 is 33.4 Å². The molecule has 8 saturated carbocycles. The van der Waals surface area contributed by atoms with E-state index in [0.29, 0.717) is 47.3 Å². The highest BCUT2D eigenvalue weighted by molar-refractivity contribution is 5.99. The number of rotatable bonds is 10. The van der Waals surface area contributed by atoms with Crippen LogP contribution in [0, 0.1) is 47.3 Å². The predicted molar refractivity (Wildman–Crippen MR) is 224 cm³/mol. The summed E-state index contributed by atoms with van der Waals surface area (Å²) in [6.45, 7) is 3.19. The van der Waals surface area contributed by atoms with Crippen molar-refractivity contribution in [1.82, 2.24) is 10.6 Å². The Balaban J connectivity index is 0.928. The third-order valence-electron chi connectivity index (χ3n) is 15.5. The van der Waals surface area contributed by atoms with Crippen LogP contribution in [0.3, 0.4) is 0 Å². The second-order valence-corrected chi connectivity index (χ2v) is 19.8. The van der Waals surface area contributed by atoms with Crippen LogP contribution in [0.4, 0.5) is 9.59 Å². The Morgan fingerprint density at radius 1 is 0.492 bits per heavy atom. The lowest BCUT2D eigenvalue weighted by Crippen LogP contribution is -2.60. The van der Waals surface area contributed by atoms with Gasteiger partial charge in [-0.15, -0.1) is 0 Å². The molecule has 0 heterocycles. The number of alkyl carbamates (subject to hydrolysis) is 2. The molecular weight excluding hydrogens is 741 g/mol. The van der Waals surface area contributed by atoms with E-state index in [0.717, 1.165) is 84.0 Å². The fourth-order valence-electron chi connectivity index (χ4n) is 13.2. The molecule has 12 rings (SSSR count). The van der Waals surface area contributed by atoms with Gasteiger partial charge in [-0.1, -0.05) is 84.9 Å². The Bertz CT molecular complexity index is 2080. The number of nitrogens with one attached hydrogen (secondary N) is 2. The Labute approximate surface area is 346 Å². The van der Waals surface area contributed by atoms with E-state index in [1.807, 2.05) is 84.9 Å². The molecule has 0 aliphatic heterocycles. The molecule has 0 aromatic heterocycles. The maximum absolute atomic E-state index is 14.7. The Hall–Kier alpha value is -4.92. The van der Waals surface area contributed by atoms with Crippen LogP contribution >= 0.6 is 0 Å². The Morgan fingerprint density at radius 3 is 1.20 bits per heavy atom. The van der Waals surface area contributed by atoms with Gasteiger partial charge in [-0.2, -0.15) is 0 Å². The zero-order valence-electron chi connectivity index (χ0n) is 34.2. The first-order valence-corrected chi connectivity index (χ1v) is 22.2. The molecule has 9 heteroatoms. The van der Waals surface area contributed by atoms with Gasteiger partial charge < -0.3 is 24.8 Å². The van der Waals surface area contributed by atoms with Gasteiger partial charge in [-0.25, -0.2) is 19.2 Å². The van der Waals surface area contributed by atoms with Crippen LogP contribution in [0.5, 0.6) is 0 Å². The first-order chi connectivity index (χ1) is 28.5. The van der Waals surface area contributed by atoms with Gasteiger partial charge in [-0.3, -0.25) is 0 Å². The van der Waals surface area contributed by atoms with E-state index < -0.39 is 35.2 Å². The molecule has 2 N–H and O–H groups in total. The quantitative estimate of drug-likeness (QED) is 0.0933. The van der Waals surface area contributed by atoms with Gasteiger partial charge in [0.05, 0.1) is 0 Å². The highest BCUT2D eigenvalue weighted by Crippen LogP contribution is 2.56. The van der Waals surface area contributed by atoms with E-state index >= 15 is 0 Å². The highest BCUT2D eigenvalue weighted by atomic mass is 16.6. The van der Waals surface area contributed by atoms with Crippen molar-refractivity contribution in [2.75, 3.05) is 0 Å². The molecule has 8 aliphatic carbocycles. The number of hydrogen-bond acceptors (Lipinski definition) is 7. The molecule has 0 saturated heterocycles. The molecule has 4 aromatic carbocycles. The molecule has 2 unspecified atom stereocenters. The van der Waals surface area contributed by atoms with Gasteiger partial charge >= 0.3 is 24.1 Å². The topological polar surface area (TPSA) is 120 Å². The van der Waals surface area contributed by atoms with Crippen LogP contribution in [0.1, 0.15) is 89.2 Å². The number of fused-ring (bicyclic) bond motifs is 2. The van der Waals surface area contributed by atoms with Crippen LogP contribution in [0.2, 0.25) is 0 Å². The third-order valence-corrected chi connectivity index (χ3v) is 15.5. The smallest absolute Gasteiger partial charge is 0.408 e. The van der Waals surface area contributed by atoms with Gasteiger partial charge in [-0.05, 0) is 158 Å². The van der Waals surface area contributed by atoms with Crippen molar-refractivity contribution in [3.63, 3.8) is 0 Å². The molecule has 9 nitrogen and oxygen atoms in total. The van der Waals surface area contributed by atoms with Crippen LogP contribution in [0.15, 0.2) is 84.9 Å². The molecule has 8 aliphatic rings. The second kappa shape index (κ2) is 15.0. The summed E-state index contributed by atoms with van der Waals surface area (Å²) >= 11 is 0. The van der Waals surface area contributed by atoms with Crippen molar-refractivity contribution >= 4 is 45.7 Å². The molecule has 59 heavy (non-hydrogen) atoms. The van der Waals surface area contributed by atoms with Crippen LogP contribution in [0.25, 0.3) is 21.5 Å². The fraction of sp³-hybridized carbons (Fsp3) is 0.520. The number of benzene rings is 4. The summed E-state index contributed by atoms with van der Waals surface area (Å²) in [6.07, 6.45) is 9.44. The predicted octanol–water partition coefficient (Wildman–Crippen LogP) is 9.47. The molecule has 308 valence electrons. The van der Waals surface area contributed by atoms with Crippen molar-refractivity contribution in [3.8, 4) is 0 Å². The number of carbonyl (C=O) groups excluding carboxylic acids is 4. The summed E-state index contributed by atoms with van der Waals surface area (Å²) in [4.78, 5) is 57.4. The van der Waals surface area contributed by atoms with E-state index in [2.05, 4.69) is 10.6 Å². The van der Waals surface area contributed by atoms with Crippen molar-refractivity contribution in [2.24, 2.45) is 47.3 Å². The molecule has 8 bridgehead atoms. The van der Waals surface area contributed by atoms with Crippen LogP contribution in [-0.4, -0.2) is 47.4 Å². The van der Waals surface area contributed by atoms with Gasteiger partial charge in [0, 0.05) is 12.8 Å². The normalized spacial score (nSPS) is 31.9. The van der Waals surface area contributed by atoms with Gasteiger partial charge in [0.1, 0.15) is 23.3 Å². The number of hydrogen-bond donors (Lipinski definition) is 2. The first kappa shape index (κ1) is 38.3. The lowest BCUT2D eigenvalue weighted by Gasteiger charge is -2.53. The molecule has 8 fully saturated rings. The van der Waals surface area contributed by atoms with Crippen LogP contribution in [-0.2, 0) is 36.6 Å². The Morgan fingerprint density at radius 2 is 0.831 bits per heavy atom. The molecule has 0 radical (unpaired) electrons. The second-order valence-electron chi connectivity index (χ2n) is 19.8. The van der Waals surface area contributed by atoms with Gasteiger partial charge in [0.2, 0.25) is 0 Å². The zero-order chi connectivity index (χ0) is 40.5. The van der Waals surface area contributed by atoms with E-state index in [1.54, 1.807) is 13.8 Å². The van der Waals surface area contributed by atoms with Crippen molar-refractivity contribution in [3.05, 3.63) is 96.1 Å². The fourth-order valence-corrected chi connectivity index (χ4v) is 13.2.